The summed E-state index contributed by atoms with van der Waals surface area (Å²) in [7, 11) is -3.57. The molecule has 3 rings (SSSR count). The van der Waals surface area contributed by atoms with Crippen LogP contribution in [0.5, 0.6) is 0 Å². The highest BCUT2D eigenvalue weighted by Crippen LogP contribution is 2.30. The first-order valence-corrected chi connectivity index (χ1v) is 8.69. The largest absolute Gasteiger partial charge is 0.322 e. The van der Waals surface area contributed by atoms with Crippen LogP contribution in [0.2, 0.25) is 0 Å². The summed E-state index contributed by atoms with van der Waals surface area (Å²) in [5.41, 5.74) is 1.66. The molecule has 2 N–H and O–H groups in total. The molecule has 22 heavy (non-hydrogen) atoms. The molecule has 2 heterocycles. The second-order valence-electron chi connectivity index (χ2n) is 5.48. The van der Waals surface area contributed by atoms with E-state index in [1.54, 1.807) is 4.90 Å². The molecule has 1 aliphatic heterocycles. The van der Waals surface area contributed by atoms with Gasteiger partial charge in [0, 0.05) is 31.3 Å². The van der Waals surface area contributed by atoms with Crippen molar-refractivity contribution >= 4 is 21.6 Å². The standard InChI is InChI=1S/C15H17N3O3S/c16-22(20,21)11-12-9-15(19)18(10-12)14-6-2-1-5-13(14)17-7-3-4-8-17/h1-8,12H,9-11H2,(H2,16,20,21). The van der Waals surface area contributed by atoms with Gasteiger partial charge in [0.05, 0.1) is 17.1 Å². The number of anilines is 1. The fourth-order valence-corrected chi connectivity index (χ4v) is 3.74. The van der Waals surface area contributed by atoms with Gasteiger partial charge in [-0.15, -0.1) is 0 Å². The summed E-state index contributed by atoms with van der Waals surface area (Å²) in [6.07, 6.45) is 4.01. The molecule has 6 nitrogen and oxygen atoms in total. The number of nitrogens with zero attached hydrogens (tertiary/aromatic N) is 2. The van der Waals surface area contributed by atoms with Gasteiger partial charge in [-0.2, -0.15) is 0 Å². The van der Waals surface area contributed by atoms with Crippen molar-refractivity contribution in [1.82, 2.24) is 4.57 Å². The van der Waals surface area contributed by atoms with Gasteiger partial charge < -0.3 is 9.47 Å². The Morgan fingerprint density at radius 3 is 2.36 bits per heavy atom. The number of primary sulfonamides is 1. The summed E-state index contributed by atoms with van der Waals surface area (Å²) in [6, 6.07) is 11.4. The van der Waals surface area contributed by atoms with Crippen LogP contribution in [-0.4, -0.2) is 31.2 Å². The Labute approximate surface area is 129 Å². The molecule has 2 aromatic rings. The molecular weight excluding hydrogens is 302 g/mol. The molecule has 0 aliphatic carbocycles. The predicted molar refractivity (Wildman–Crippen MR) is 84.2 cm³/mol. The van der Waals surface area contributed by atoms with Crippen LogP contribution in [0.4, 0.5) is 5.69 Å². The molecule has 0 radical (unpaired) electrons. The number of benzene rings is 1. The number of carbonyl (C=O) groups excluding carboxylic acids is 1. The van der Waals surface area contributed by atoms with Crippen molar-refractivity contribution in [3.05, 3.63) is 48.8 Å². The van der Waals surface area contributed by atoms with Crippen LogP contribution in [0.15, 0.2) is 48.8 Å². The van der Waals surface area contributed by atoms with Gasteiger partial charge in [0.15, 0.2) is 0 Å². The molecular formula is C15H17N3O3S. The van der Waals surface area contributed by atoms with Crippen molar-refractivity contribution in [1.29, 1.82) is 0 Å². The normalized spacial score (nSPS) is 18.9. The van der Waals surface area contributed by atoms with E-state index in [9.17, 15) is 13.2 Å². The van der Waals surface area contributed by atoms with Gasteiger partial charge in [0.1, 0.15) is 0 Å². The minimum Gasteiger partial charge on any atom is -0.322 e. The number of para-hydroxylation sites is 2. The molecule has 1 atom stereocenters. The first-order valence-electron chi connectivity index (χ1n) is 6.97. The molecule has 1 aromatic heterocycles. The Morgan fingerprint density at radius 1 is 1.09 bits per heavy atom. The molecule has 0 bridgehead atoms. The van der Waals surface area contributed by atoms with E-state index in [2.05, 4.69) is 0 Å². The minimum absolute atomic E-state index is 0.0757. The molecule has 1 amide bonds. The summed E-state index contributed by atoms with van der Waals surface area (Å²) in [6.45, 7) is 0.369. The number of hydrogen-bond acceptors (Lipinski definition) is 3. The smallest absolute Gasteiger partial charge is 0.227 e. The number of aromatic nitrogens is 1. The lowest BCUT2D eigenvalue weighted by atomic mass is 10.1. The van der Waals surface area contributed by atoms with E-state index in [0.717, 1.165) is 11.4 Å². The fourth-order valence-electron chi connectivity index (χ4n) is 2.86. The Balaban J connectivity index is 1.91. The summed E-state index contributed by atoms with van der Waals surface area (Å²) in [5.74, 6) is -0.505. The zero-order chi connectivity index (χ0) is 15.7. The van der Waals surface area contributed by atoms with Gasteiger partial charge in [-0.1, -0.05) is 12.1 Å². The van der Waals surface area contributed by atoms with E-state index < -0.39 is 10.0 Å². The number of nitrogens with two attached hydrogens (primary N) is 1. The van der Waals surface area contributed by atoms with Crippen LogP contribution in [0.3, 0.4) is 0 Å². The molecule has 116 valence electrons. The highest BCUT2D eigenvalue weighted by atomic mass is 32.2. The monoisotopic (exact) mass is 319 g/mol. The first-order chi connectivity index (χ1) is 10.4. The van der Waals surface area contributed by atoms with Crippen molar-refractivity contribution in [2.75, 3.05) is 17.2 Å². The van der Waals surface area contributed by atoms with Crippen LogP contribution in [-0.2, 0) is 14.8 Å². The van der Waals surface area contributed by atoms with Crippen molar-refractivity contribution in [2.45, 2.75) is 6.42 Å². The maximum atomic E-state index is 12.3. The number of carbonyl (C=O) groups is 1. The Morgan fingerprint density at radius 2 is 1.73 bits per heavy atom. The van der Waals surface area contributed by atoms with Gasteiger partial charge >= 0.3 is 0 Å². The quantitative estimate of drug-likeness (QED) is 0.916. The van der Waals surface area contributed by atoms with Crippen molar-refractivity contribution < 1.29 is 13.2 Å². The third kappa shape index (κ3) is 3.05. The summed E-state index contributed by atoms with van der Waals surface area (Å²) >= 11 is 0. The Kier molecular flexibility index (Phi) is 3.76. The number of sulfonamides is 1. The van der Waals surface area contributed by atoms with Crippen molar-refractivity contribution in [3.8, 4) is 5.69 Å². The number of rotatable bonds is 4. The van der Waals surface area contributed by atoms with Crippen LogP contribution >= 0.6 is 0 Å². The second-order valence-corrected chi connectivity index (χ2v) is 7.14. The minimum atomic E-state index is -3.57. The summed E-state index contributed by atoms with van der Waals surface area (Å²) in [5, 5.41) is 5.09. The van der Waals surface area contributed by atoms with Crippen LogP contribution < -0.4 is 10.0 Å². The first kappa shape index (κ1) is 14.8. The molecule has 7 heteroatoms. The van der Waals surface area contributed by atoms with E-state index >= 15 is 0 Å². The second kappa shape index (κ2) is 5.58. The Bertz CT molecular complexity index is 784. The SMILES string of the molecule is NS(=O)(=O)CC1CC(=O)N(c2ccccc2-n2cccc2)C1. The predicted octanol–water partition coefficient (Wildman–Crippen LogP) is 1.12. The van der Waals surface area contributed by atoms with Gasteiger partial charge in [-0.05, 0) is 24.3 Å². The third-order valence-electron chi connectivity index (χ3n) is 3.73. The maximum absolute atomic E-state index is 12.3. The third-order valence-corrected chi connectivity index (χ3v) is 4.66. The average molecular weight is 319 g/mol. The molecule has 1 unspecified atom stereocenters. The van der Waals surface area contributed by atoms with Crippen LogP contribution in [0.25, 0.3) is 5.69 Å². The van der Waals surface area contributed by atoms with Gasteiger partial charge in [-0.25, -0.2) is 13.6 Å². The average Bonchev–Trinajstić information content (AvgIpc) is 3.07. The van der Waals surface area contributed by atoms with Crippen LogP contribution in [0.1, 0.15) is 6.42 Å². The number of amides is 1. The van der Waals surface area contributed by atoms with E-state index in [0.29, 0.717) is 6.54 Å². The fraction of sp³-hybridized carbons (Fsp3) is 0.267. The molecule has 1 aromatic carbocycles. The highest BCUT2D eigenvalue weighted by molar-refractivity contribution is 7.89. The molecule has 0 spiro atoms. The Hall–Kier alpha value is -2.12. The van der Waals surface area contributed by atoms with Gasteiger partial charge in [0.2, 0.25) is 15.9 Å². The van der Waals surface area contributed by atoms with Gasteiger partial charge in [-0.3, -0.25) is 4.79 Å². The summed E-state index contributed by atoms with van der Waals surface area (Å²) in [4.78, 5) is 13.9. The van der Waals surface area contributed by atoms with Crippen molar-refractivity contribution in [2.24, 2.45) is 11.1 Å². The van der Waals surface area contributed by atoms with E-state index in [1.807, 2.05) is 53.4 Å². The summed E-state index contributed by atoms with van der Waals surface area (Å²) < 4.78 is 24.4. The lowest BCUT2D eigenvalue weighted by Crippen LogP contribution is -2.28. The topological polar surface area (TPSA) is 85.4 Å². The van der Waals surface area contributed by atoms with Crippen molar-refractivity contribution in [3.63, 3.8) is 0 Å². The lowest BCUT2D eigenvalue weighted by Gasteiger charge is -2.20. The van der Waals surface area contributed by atoms with E-state index in [-0.39, 0.29) is 24.0 Å². The maximum Gasteiger partial charge on any atom is 0.227 e. The molecule has 0 saturated carbocycles. The highest BCUT2D eigenvalue weighted by Gasteiger charge is 2.33. The molecule has 1 aliphatic rings. The van der Waals surface area contributed by atoms with Gasteiger partial charge in [0.25, 0.3) is 0 Å². The molecule has 1 fully saturated rings. The lowest BCUT2D eigenvalue weighted by molar-refractivity contribution is -0.117. The zero-order valence-corrected chi connectivity index (χ0v) is 12.7. The van der Waals surface area contributed by atoms with Crippen LogP contribution in [0, 0.1) is 5.92 Å². The van der Waals surface area contributed by atoms with E-state index in [1.165, 1.54) is 0 Å². The number of hydrogen-bond donors (Lipinski definition) is 1. The molecule has 1 saturated heterocycles. The van der Waals surface area contributed by atoms with E-state index in [4.69, 9.17) is 5.14 Å². The zero-order valence-electron chi connectivity index (χ0n) is 11.9.